The van der Waals surface area contributed by atoms with Crippen LogP contribution in [-0.4, -0.2) is 24.4 Å². The van der Waals surface area contributed by atoms with Crippen LogP contribution in [0.15, 0.2) is 48.5 Å². The van der Waals surface area contributed by atoms with Crippen LogP contribution in [0.25, 0.3) is 0 Å². The minimum atomic E-state index is -1.05. The van der Waals surface area contributed by atoms with Gasteiger partial charge in [0.2, 0.25) is 0 Å². The predicted molar refractivity (Wildman–Crippen MR) is 91.0 cm³/mol. The molecule has 0 unspecified atom stereocenters. The summed E-state index contributed by atoms with van der Waals surface area (Å²) in [6, 6.07) is 13.9. The molecule has 2 amide bonds. The second-order valence-corrected chi connectivity index (χ2v) is 4.99. The van der Waals surface area contributed by atoms with Crippen molar-refractivity contribution in [1.29, 1.82) is 0 Å². The summed E-state index contributed by atoms with van der Waals surface area (Å²) >= 11 is 0. The third kappa shape index (κ3) is 4.81. The Morgan fingerprint density at radius 2 is 1.76 bits per heavy atom. The van der Waals surface area contributed by atoms with E-state index >= 15 is 0 Å². The van der Waals surface area contributed by atoms with Crippen molar-refractivity contribution in [3.63, 3.8) is 0 Å². The monoisotopic (exact) mass is 342 g/mol. The molecule has 0 aromatic heterocycles. The zero-order chi connectivity index (χ0) is 18.2. The Morgan fingerprint density at radius 1 is 1.04 bits per heavy atom. The molecule has 3 N–H and O–H groups in total. The molecule has 0 bridgehead atoms. The molecular weight excluding hydrogens is 324 g/mol. The molecule has 0 saturated heterocycles. The molecule has 0 heterocycles. The van der Waals surface area contributed by atoms with Gasteiger partial charge in [-0.1, -0.05) is 36.4 Å². The van der Waals surface area contributed by atoms with E-state index in [1.54, 1.807) is 19.1 Å². The van der Waals surface area contributed by atoms with E-state index < -0.39 is 17.8 Å². The molecule has 2 rings (SSSR count). The van der Waals surface area contributed by atoms with Crippen molar-refractivity contribution in [1.82, 2.24) is 0 Å². The number of nitrogens with two attached hydrogens (primary N) is 1. The van der Waals surface area contributed by atoms with Gasteiger partial charge in [-0.3, -0.25) is 9.59 Å². The largest absolute Gasteiger partial charge is 0.488 e. The lowest BCUT2D eigenvalue weighted by Crippen LogP contribution is -2.27. The van der Waals surface area contributed by atoms with E-state index in [1.807, 2.05) is 30.3 Å². The summed E-state index contributed by atoms with van der Waals surface area (Å²) in [5.74, 6) is -2.63. The van der Waals surface area contributed by atoms with Crippen molar-refractivity contribution >= 4 is 23.5 Å². The molecule has 130 valence electrons. The van der Waals surface area contributed by atoms with Crippen LogP contribution < -0.4 is 15.8 Å². The third-order valence-electron chi connectivity index (χ3n) is 3.22. The summed E-state index contributed by atoms with van der Waals surface area (Å²) < 4.78 is 10.3. The molecule has 0 aliphatic carbocycles. The summed E-state index contributed by atoms with van der Waals surface area (Å²) in [5, 5.41) is 2.32. The van der Waals surface area contributed by atoms with Crippen LogP contribution in [0.4, 0.5) is 5.69 Å². The number of anilines is 1. The number of rotatable bonds is 6. The van der Waals surface area contributed by atoms with Gasteiger partial charge >= 0.3 is 11.9 Å². The van der Waals surface area contributed by atoms with Crippen molar-refractivity contribution in [2.24, 2.45) is 5.73 Å². The van der Waals surface area contributed by atoms with E-state index in [-0.39, 0.29) is 30.2 Å². The number of hydrogen-bond donors (Lipinski definition) is 2. The first-order chi connectivity index (χ1) is 12.0. The van der Waals surface area contributed by atoms with Crippen molar-refractivity contribution in [3.05, 3.63) is 59.7 Å². The van der Waals surface area contributed by atoms with Crippen molar-refractivity contribution < 1.29 is 23.9 Å². The van der Waals surface area contributed by atoms with Gasteiger partial charge in [-0.25, -0.2) is 4.79 Å². The van der Waals surface area contributed by atoms with E-state index in [0.29, 0.717) is 0 Å². The number of primary amides is 1. The summed E-state index contributed by atoms with van der Waals surface area (Å²) in [6.07, 6.45) is 0. The van der Waals surface area contributed by atoms with Crippen LogP contribution in [-0.2, 0) is 20.9 Å². The van der Waals surface area contributed by atoms with Crippen LogP contribution >= 0.6 is 0 Å². The molecule has 7 nitrogen and oxygen atoms in total. The first kappa shape index (κ1) is 18.0. The highest BCUT2D eigenvalue weighted by Crippen LogP contribution is 2.27. The normalized spacial score (nSPS) is 9.96. The summed E-state index contributed by atoms with van der Waals surface area (Å²) in [7, 11) is 0. The Balaban J connectivity index is 2.22. The summed E-state index contributed by atoms with van der Waals surface area (Å²) in [4.78, 5) is 35.0. The molecule has 2 aromatic carbocycles. The number of hydrogen-bond acceptors (Lipinski definition) is 5. The van der Waals surface area contributed by atoms with Gasteiger partial charge in [-0.15, -0.1) is 0 Å². The van der Waals surface area contributed by atoms with Gasteiger partial charge < -0.3 is 20.5 Å². The minimum Gasteiger partial charge on any atom is -0.488 e. The number of carbonyl (C=O) groups excluding carboxylic acids is 3. The Labute approximate surface area is 144 Å². The number of benzene rings is 2. The molecule has 0 aliphatic rings. The molecule has 7 heteroatoms. The lowest BCUT2D eigenvalue weighted by Gasteiger charge is -2.14. The number of amides is 2. The number of carbonyl (C=O) groups is 3. The van der Waals surface area contributed by atoms with E-state index in [1.165, 1.54) is 6.07 Å². The summed E-state index contributed by atoms with van der Waals surface area (Å²) in [6.45, 7) is 1.86. The first-order valence-corrected chi connectivity index (χ1v) is 7.60. The minimum absolute atomic E-state index is 0.0175. The first-order valence-electron chi connectivity index (χ1n) is 7.60. The van der Waals surface area contributed by atoms with Crippen molar-refractivity contribution in [2.45, 2.75) is 13.5 Å². The zero-order valence-corrected chi connectivity index (χ0v) is 13.7. The van der Waals surface area contributed by atoms with Crippen LogP contribution in [0.5, 0.6) is 5.75 Å². The maximum Gasteiger partial charge on any atom is 0.397 e. The molecule has 0 fully saturated rings. The van der Waals surface area contributed by atoms with Crippen molar-refractivity contribution in [2.75, 3.05) is 11.9 Å². The van der Waals surface area contributed by atoms with Gasteiger partial charge in [0.15, 0.2) is 0 Å². The van der Waals surface area contributed by atoms with E-state index in [4.69, 9.17) is 10.5 Å². The fraction of sp³-hybridized carbons (Fsp3) is 0.167. The topological polar surface area (TPSA) is 108 Å². The molecule has 0 radical (unpaired) electrons. The van der Waals surface area contributed by atoms with Crippen LogP contribution in [0.1, 0.15) is 22.8 Å². The maximum atomic E-state index is 11.8. The highest BCUT2D eigenvalue weighted by Gasteiger charge is 2.21. The van der Waals surface area contributed by atoms with Gasteiger partial charge in [0.05, 0.1) is 12.3 Å². The zero-order valence-electron chi connectivity index (χ0n) is 13.7. The number of ether oxygens (including phenoxy) is 2. The average Bonchev–Trinajstić information content (AvgIpc) is 2.60. The predicted octanol–water partition coefficient (Wildman–Crippen LogP) is 1.87. The Bertz CT molecular complexity index is 774. The standard InChI is InChI=1S/C18H18N2O5/c1-2-24-18(23)17(22)20-13-9-6-10-14(15(13)16(19)21)25-11-12-7-4-3-5-8-12/h3-10H,2,11H2,1H3,(H2,19,21)(H,20,22). The van der Waals surface area contributed by atoms with Gasteiger partial charge in [0.1, 0.15) is 17.9 Å². The number of esters is 1. The highest BCUT2D eigenvalue weighted by molar-refractivity contribution is 6.37. The fourth-order valence-corrected chi connectivity index (χ4v) is 2.12. The maximum absolute atomic E-state index is 11.8. The van der Waals surface area contributed by atoms with Gasteiger partial charge in [-0.05, 0) is 24.6 Å². The Kier molecular flexibility index (Phi) is 6.11. The second-order valence-electron chi connectivity index (χ2n) is 4.99. The lowest BCUT2D eigenvalue weighted by molar-refractivity contribution is -0.152. The fourth-order valence-electron chi connectivity index (χ4n) is 2.12. The van der Waals surface area contributed by atoms with Gasteiger partial charge in [0, 0.05) is 0 Å². The van der Waals surface area contributed by atoms with Crippen LogP contribution in [0.2, 0.25) is 0 Å². The van der Waals surface area contributed by atoms with Crippen LogP contribution in [0, 0.1) is 0 Å². The van der Waals surface area contributed by atoms with E-state index in [9.17, 15) is 14.4 Å². The summed E-state index contributed by atoms with van der Waals surface area (Å²) in [5.41, 5.74) is 6.37. The second kappa shape index (κ2) is 8.49. The van der Waals surface area contributed by atoms with Gasteiger partial charge in [-0.2, -0.15) is 0 Å². The molecule has 2 aromatic rings. The molecule has 25 heavy (non-hydrogen) atoms. The Hall–Kier alpha value is -3.35. The molecular formula is C18H18N2O5. The molecule has 0 aliphatic heterocycles. The lowest BCUT2D eigenvalue weighted by atomic mass is 10.1. The van der Waals surface area contributed by atoms with Crippen molar-refractivity contribution in [3.8, 4) is 5.75 Å². The van der Waals surface area contributed by atoms with Crippen LogP contribution in [0.3, 0.4) is 0 Å². The van der Waals surface area contributed by atoms with Gasteiger partial charge in [0.25, 0.3) is 5.91 Å². The number of nitrogens with one attached hydrogen (secondary N) is 1. The third-order valence-corrected chi connectivity index (χ3v) is 3.22. The highest BCUT2D eigenvalue weighted by atomic mass is 16.5. The molecule has 0 atom stereocenters. The van der Waals surface area contributed by atoms with E-state index in [0.717, 1.165) is 5.56 Å². The smallest absolute Gasteiger partial charge is 0.397 e. The van der Waals surface area contributed by atoms with E-state index in [2.05, 4.69) is 10.1 Å². The molecule has 0 saturated carbocycles. The average molecular weight is 342 g/mol. The SMILES string of the molecule is CCOC(=O)C(=O)Nc1cccc(OCc2ccccc2)c1C(N)=O. The molecule has 0 spiro atoms. The quantitative estimate of drug-likeness (QED) is 0.615. The Morgan fingerprint density at radius 3 is 2.40 bits per heavy atom.